The number of thioether (sulfide) groups is 1. The number of carbonyl (C=O) groups is 1. The molecule has 1 aliphatic rings. The summed E-state index contributed by atoms with van der Waals surface area (Å²) in [5.74, 6) is 0.132. The molecule has 0 amide bonds. The largest absolute Gasteiger partial charge is 0.478 e. The quantitative estimate of drug-likeness (QED) is 0.847. The topological polar surface area (TPSA) is 40.5 Å². The molecule has 1 fully saturated rings. The fourth-order valence-corrected chi connectivity index (χ4v) is 3.63. The molecular weight excluding hydrogens is 306 g/mol. The lowest BCUT2D eigenvalue weighted by Gasteiger charge is -2.24. The number of nitrogens with zero attached hydrogens (tertiary/aromatic N) is 1. The van der Waals surface area contributed by atoms with Crippen molar-refractivity contribution in [1.82, 2.24) is 0 Å². The van der Waals surface area contributed by atoms with Crippen LogP contribution in [0.2, 0.25) is 5.02 Å². The van der Waals surface area contributed by atoms with E-state index in [0.717, 1.165) is 42.6 Å². The van der Waals surface area contributed by atoms with Gasteiger partial charge < -0.3 is 10.0 Å². The third kappa shape index (κ3) is 4.68. The molecule has 0 unspecified atom stereocenters. The van der Waals surface area contributed by atoms with Gasteiger partial charge in [0.05, 0.1) is 0 Å². The summed E-state index contributed by atoms with van der Waals surface area (Å²) >= 11 is 8.26. The van der Waals surface area contributed by atoms with Crippen molar-refractivity contribution in [3.05, 3.63) is 34.9 Å². The highest BCUT2D eigenvalue weighted by molar-refractivity contribution is 8.00. The van der Waals surface area contributed by atoms with Crippen LogP contribution in [0.3, 0.4) is 0 Å². The summed E-state index contributed by atoms with van der Waals surface area (Å²) in [7, 11) is 0. The molecule has 0 aliphatic carbocycles. The highest BCUT2D eigenvalue weighted by atomic mass is 35.5. The number of aliphatic carboxylic acids is 1. The highest BCUT2D eigenvalue weighted by Crippen LogP contribution is 2.33. The molecule has 1 saturated heterocycles. The lowest BCUT2D eigenvalue weighted by Crippen LogP contribution is -2.26. The zero-order valence-electron chi connectivity index (χ0n) is 12.3. The van der Waals surface area contributed by atoms with E-state index < -0.39 is 5.97 Å². The number of rotatable bonds is 3. The molecule has 5 heteroatoms. The zero-order chi connectivity index (χ0) is 15.5. The van der Waals surface area contributed by atoms with Gasteiger partial charge in [0, 0.05) is 40.4 Å². The molecule has 0 atom stereocenters. The monoisotopic (exact) mass is 325 g/mol. The average Bonchev–Trinajstić information content (AvgIpc) is 2.58. The smallest absolute Gasteiger partial charge is 0.328 e. The van der Waals surface area contributed by atoms with Gasteiger partial charge in [-0.2, -0.15) is 11.8 Å². The molecule has 114 valence electrons. The maximum atomic E-state index is 10.6. The van der Waals surface area contributed by atoms with Gasteiger partial charge in [0.15, 0.2) is 0 Å². The molecule has 1 aromatic rings. The van der Waals surface area contributed by atoms with Gasteiger partial charge in [0.1, 0.15) is 0 Å². The van der Waals surface area contributed by atoms with E-state index in [1.165, 1.54) is 6.08 Å². The Morgan fingerprint density at radius 1 is 1.43 bits per heavy atom. The van der Waals surface area contributed by atoms with Gasteiger partial charge in [-0.25, -0.2) is 4.79 Å². The van der Waals surface area contributed by atoms with E-state index >= 15 is 0 Å². The Labute approximate surface area is 135 Å². The number of halogens is 1. The van der Waals surface area contributed by atoms with Crippen LogP contribution in [0.15, 0.2) is 24.3 Å². The Balaban J connectivity index is 2.14. The maximum absolute atomic E-state index is 10.6. The van der Waals surface area contributed by atoms with Crippen molar-refractivity contribution in [3.63, 3.8) is 0 Å². The Morgan fingerprint density at radius 2 is 2.19 bits per heavy atom. The number of hydrogen-bond donors (Lipinski definition) is 1. The first kappa shape index (κ1) is 16.2. The second kappa shape index (κ2) is 6.75. The fraction of sp³-hybridized carbons (Fsp3) is 0.438. The van der Waals surface area contributed by atoms with E-state index in [1.54, 1.807) is 0 Å². The average molecular weight is 326 g/mol. The Kier molecular flexibility index (Phi) is 5.22. The van der Waals surface area contributed by atoms with E-state index in [9.17, 15) is 4.79 Å². The molecular formula is C16H20ClNO2S. The van der Waals surface area contributed by atoms with Gasteiger partial charge in [0.25, 0.3) is 0 Å². The molecule has 0 spiro atoms. The standard InChI is InChI=1S/C16H20ClNO2S/c1-16(2)7-8-18(9-10-21-16)13-5-3-12(14(17)11-13)4-6-15(19)20/h3-6,11H,7-10H2,1-2H3,(H,19,20)/b6-4+. The Morgan fingerprint density at radius 3 is 2.86 bits per heavy atom. The Bertz CT molecular complexity index is 557. The molecule has 0 saturated carbocycles. The summed E-state index contributed by atoms with van der Waals surface area (Å²) in [6.45, 7) is 6.59. The molecule has 0 bridgehead atoms. The third-order valence-corrected chi connectivity index (χ3v) is 5.29. The first-order chi connectivity index (χ1) is 9.87. The summed E-state index contributed by atoms with van der Waals surface area (Å²) in [4.78, 5) is 12.9. The van der Waals surface area contributed by atoms with E-state index in [1.807, 2.05) is 30.0 Å². The van der Waals surface area contributed by atoms with Crippen LogP contribution in [-0.4, -0.2) is 34.7 Å². The molecule has 21 heavy (non-hydrogen) atoms. The van der Waals surface area contributed by atoms with Crippen molar-refractivity contribution in [3.8, 4) is 0 Å². The van der Waals surface area contributed by atoms with E-state index in [4.69, 9.17) is 16.7 Å². The van der Waals surface area contributed by atoms with Crippen molar-refractivity contribution < 1.29 is 9.90 Å². The first-order valence-electron chi connectivity index (χ1n) is 6.97. The van der Waals surface area contributed by atoms with Crippen LogP contribution in [-0.2, 0) is 4.79 Å². The molecule has 1 heterocycles. The highest BCUT2D eigenvalue weighted by Gasteiger charge is 2.23. The summed E-state index contributed by atoms with van der Waals surface area (Å²) in [6, 6.07) is 5.81. The minimum atomic E-state index is -0.970. The van der Waals surface area contributed by atoms with E-state index in [0.29, 0.717) is 9.77 Å². The minimum absolute atomic E-state index is 0.322. The van der Waals surface area contributed by atoms with Crippen LogP contribution < -0.4 is 4.90 Å². The van der Waals surface area contributed by atoms with Crippen LogP contribution in [0.5, 0.6) is 0 Å². The summed E-state index contributed by atoms with van der Waals surface area (Å²) in [5.41, 5.74) is 1.83. The SMILES string of the molecule is CC1(C)CCN(c2ccc(/C=C/C(=O)O)c(Cl)c2)CCS1. The van der Waals surface area contributed by atoms with Gasteiger partial charge in [-0.1, -0.05) is 31.5 Å². The number of carboxylic acid groups (broad SMARTS) is 1. The van der Waals surface area contributed by atoms with E-state index in [2.05, 4.69) is 18.7 Å². The normalized spacial score (nSPS) is 18.7. The molecule has 0 radical (unpaired) electrons. The second-order valence-electron chi connectivity index (χ2n) is 5.72. The lowest BCUT2D eigenvalue weighted by atomic mass is 10.1. The van der Waals surface area contributed by atoms with Crippen molar-refractivity contribution in [2.24, 2.45) is 0 Å². The fourth-order valence-electron chi connectivity index (χ4n) is 2.29. The zero-order valence-corrected chi connectivity index (χ0v) is 13.9. The number of hydrogen-bond acceptors (Lipinski definition) is 3. The second-order valence-corrected chi connectivity index (χ2v) is 7.93. The Hall–Kier alpha value is -1.13. The van der Waals surface area contributed by atoms with Gasteiger partial charge in [-0.05, 0) is 30.2 Å². The molecule has 2 rings (SSSR count). The first-order valence-corrected chi connectivity index (χ1v) is 8.33. The summed E-state index contributed by atoms with van der Waals surface area (Å²) < 4.78 is 0.322. The van der Waals surface area contributed by atoms with Crippen molar-refractivity contribution in [2.45, 2.75) is 25.0 Å². The molecule has 1 aliphatic heterocycles. The molecule has 1 N–H and O–H groups in total. The van der Waals surface area contributed by atoms with Crippen LogP contribution in [0, 0.1) is 0 Å². The molecule has 0 aromatic heterocycles. The van der Waals surface area contributed by atoms with Crippen molar-refractivity contribution in [2.75, 3.05) is 23.7 Å². The van der Waals surface area contributed by atoms with Crippen LogP contribution in [0.4, 0.5) is 5.69 Å². The number of carboxylic acids is 1. The van der Waals surface area contributed by atoms with Gasteiger partial charge in [-0.3, -0.25) is 0 Å². The summed E-state index contributed by atoms with van der Waals surface area (Å²) in [6.07, 6.45) is 3.76. The van der Waals surface area contributed by atoms with Gasteiger partial charge >= 0.3 is 5.97 Å². The van der Waals surface area contributed by atoms with Gasteiger partial charge in [0.2, 0.25) is 0 Å². The van der Waals surface area contributed by atoms with Crippen molar-refractivity contribution in [1.29, 1.82) is 0 Å². The van der Waals surface area contributed by atoms with Crippen molar-refractivity contribution >= 4 is 41.1 Å². The summed E-state index contributed by atoms with van der Waals surface area (Å²) in [5, 5.41) is 9.25. The number of benzene rings is 1. The van der Waals surface area contributed by atoms with Crippen LogP contribution in [0.1, 0.15) is 25.8 Å². The lowest BCUT2D eigenvalue weighted by molar-refractivity contribution is -0.131. The minimum Gasteiger partial charge on any atom is -0.478 e. The maximum Gasteiger partial charge on any atom is 0.328 e. The van der Waals surface area contributed by atoms with Crippen LogP contribution >= 0.6 is 23.4 Å². The van der Waals surface area contributed by atoms with E-state index in [-0.39, 0.29) is 0 Å². The number of anilines is 1. The predicted octanol–water partition coefficient (Wildman–Crippen LogP) is 4.16. The van der Waals surface area contributed by atoms with Gasteiger partial charge in [-0.15, -0.1) is 0 Å². The predicted molar refractivity (Wildman–Crippen MR) is 91.5 cm³/mol. The third-order valence-electron chi connectivity index (χ3n) is 3.59. The molecule has 1 aromatic carbocycles. The van der Waals surface area contributed by atoms with Crippen LogP contribution in [0.25, 0.3) is 6.08 Å². The molecule has 3 nitrogen and oxygen atoms in total.